The van der Waals surface area contributed by atoms with Gasteiger partial charge in [0.25, 0.3) is 5.91 Å². The molecule has 0 bridgehead atoms. The highest BCUT2D eigenvalue weighted by Crippen LogP contribution is 2.14. The second kappa shape index (κ2) is 12.4. The van der Waals surface area contributed by atoms with Crippen molar-refractivity contribution >= 4 is 47.4 Å². The maximum absolute atomic E-state index is 12.1. The Morgan fingerprint density at radius 3 is 2.52 bits per heavy atom. The van der Waals surface area contributed by atoms with Gasteiger partial charge < -0.3 is 20.7 Å². The largest absolute Gasteiger partial charge is 0.497 e. The van der Waals surface area contributed by atoms with E-state index in [9.17, 15) is 4.79 Å². The zero-order chi connectivity index (χ0) is 18.8. The average molecular weight is 503 g/mol. The van der Waals surface area contributed by atoms with E-state index in [0.717, 1.165) is 11.3 Å². The third-order valence-electron chi connectivity index (χ3n) is 3.64. The fourth-order valence-corrected chi connectivity index (χ4v) is 2.51. The predicted molar refractivity (Wildman–Crippen MR) is 120 cm³/mol. The van der Waals surface area contributed by atoms with Crippen molar-refractivity contribution in [1.29, 1.82) is 0 Å². The van der Waals surface area contributed by atoms with E-state index in [2.05, 4.69) is 20.9 Å². The zero-order valence-electron chi connectivity index (χ0n) is 15.3. The van der Waals surface area contributed by atoms with Gasteiger partial charge in [0.1, 0.15) is 5.75 Å². The smallest absolute Gasteiger partial charge is 0.252 e. The molecule has 0 aromatic heterocycles. The van der Waals surface area contributed by atoms with E-state index >= 15 is 0 Å². The van der Waals surface area contributed by atoms with Gasteiger partial charge in [-0.1, -0.05) is 35.9 Å². The minimum Gasteiger partial charge on any atom is -0.497 e. The molecular weight excluding hydrogens is 479 g/mol. The lowest BCUT2D eigenvalue weighted by Gasteiger charge is -2.13. The minimum atomic E-state index is -0.197. The molecule has 0 aliphatic heterocycles. The Hall–Kier alpha value is -2.00. The second-order valence-electron chi connectivity index (χ2n) is 5.44. The molecule has 27 heavy (non-hydrogen) atoms. The van der Waals surface area contributed by atoms with Crippen LogP contribution in [-0.2, 0) is 6.54 Å². The number of halogens is 2. The van der Waals surface area contributed by atoms with Crippen molar-refractivity contribution in [3.05, 3.63) is 64.7 Å². The van der Waals surface area contributed by atoms with Crippen LogP contribution in [0.15, 0.2) is 53.5 Å². The van der Waals surface area contributed by atoms with Gasteiger partial charge in [-0.3, -0.25) is 9.79 Å². The van der Waals surface area contributed by atoms with Crippen LogP contribution in [0.5, 0.6) is 5.75 Å². The predicted octanol–water partition coefficient (Wildman–Crippen LogP) is 3.06. The highest BCUT2D eigenvalue weighted by Gasteiger charge is 2.08. The minimum absolute atomic E-state index is 0. The molecule has 0 radical (unpaired) electrons. The van der Waals surface area contributed by atoms with Crippen LogP contribution in [0.3, 0.4) is 0 Å². The molecule has 0 saturated heterocycles. The second-order valence-corrected chi connectivity index (χ2v) is 5.85. The Morgan fingerprint density at radius 2 is 1.81 bits per heavy atom. The third kappa shape index (κ3) is 7.64. The van der Waals surface area contributed by atoms with Crippen LogP contribution < -0.4 is 20.7 Å². The van der Waals surface area contributed by atoms with Gasteiger partial charge >= 0.3 is 0 Å². The SMILES string of the molecule is CN=C(NCCNC(=O)c1ccccc1Cl)NCc1cccc(OC)c1.I. The summed E-state index contributed by atoms with van der Waals surface area (Å²) < 4.78 is 5.21. The molecule has 0 unspecified atom stereocenters. The van der Waals surface area contributed by atoms with Crippen LogP contribution in [0.4, 0.5) is 0 Å². The molecule has 0 aliphatic rings. The maximum Gasteiger partial charge on any atom is 0.252 e. The number of amides is 1. The van der Waals surface area contributed by atoms with Crippen LogP contribution in [-0.4, -0.2) is 39.1 Å². The lowest BCUT2D eigenvalue weighted by Crippen LogP contribution is -2.41. The normalized spacial score (nSPS) is 10.6. The third-order valence-corrected chi connectivity index (χ3v) is 3.97. The summed E-state index contributed by atoms with van der Waals surface area (Å²) in [5.74, 6) is 1.27. The fraction of sp³-hybridized carbons (Fsp3) is 0.263. The molecule has 0 fully saturated rings. The van der Waals surface area contributed by atoms with Crippen molar-refractivity contribution < 1.29 is 9.53 Å². The number of carbonyl (C=O) groups is 1. The standard InChI is InChI=1S/C19H23ClN4O2.HI/c1-21-19(24-13-14-6-5-7-15(12-14)26-2)23-11-10-22-18(25)16-8-3-4-9-17(16)20;/h3-9,12H,10-11,13H2,1-2H3,(H,22,25)(H2,21,23,24);1H. The van der Waals surface area contributed by atoms with Gasteiger partial charge in [0.05, 0.1) is 17.7 Å². The van der Waals surface area contributed by atoms with Crippen molar-refractivity contribution in [2.75, 3.05) is 27.2 Å². The van der Waals surface area contributed by atoms with Gasteiger partial charge in [-0.2, -0.15) is 0 Å². The number of methoxy groups -OCH3 is 1. The number of aliphatic imine (C=N–C) groups is 1. The van der Waals surface area contributed by atoms with Crippen LogP contribution >= 0.6 is 35.6 Å². The molecular formula is C19H24ClIN4O2. The van der Waals surface area contributed by atoms with Gasteiger partial charge in [0.2, 0.25) is 0 Å². The quantitative estimate of drug-likeness (QED) is 0.235. The number of nitrogens with zero attached hydrogens (tertiary/aromatic N) is 1. The van der Waals surface area contributed by atoms with Crippen molar-refractivity contribution in [3.8, 4) is 5.75 Å². The Morgan fingerprint density at radius 1 is 1.07 bits per heavy atom. The molecule has 8 heteroatoms. The average Bonchev–Trinajstić information content (AvgIpc) is 2.67. The van der Waals surface area contributed by atoms with Crippen molar-refractivity contribution in [3.63, 3.8) is 0 Å². The monoisotopic (exact) mass is 502 g/mol. The Balaban J connectivity index is 0.00000364. The Labute approximate surface area is 181 Å². The van der Waals surface area contributed by atoms with Crippen LogP contribution in [0, 0.1) is 0 Å². The molecule has 0 atom stereocenters. The van der Waals surface area contributed by atoms with E-state index in [1.165, 1.54) is 0 Å². The van der Waals surface area contributed by atoms with E-state index in [1.54, 1.807) is 38.4 Å². The maximum atomic E-state index is 12.1. The number of hydrogen-bond donors (Lipinski definition) is 3. The first kappa shape index (κ1) is 23.0. The van der Waals surface area contributed by atoms with Gasteiger partial charge in [0.15, 0.2) is 5.96 Å². The highest BCUT2D eigenvalue weighted by atomic mass is 127. The number of guanidine groups is 1. The summed E-state index contributed by atoms with van der Waals surface area (Å²) >= 11 is 6.01. The zero-order valence-corrected chi connectivity index (χ0v) is 18.4. The first-order chi connectivity index (χ1) is 12.6. The van der Waals surface area contributed by atoms with Crippen LogP contribution in [0.1, 0.15) is 15.9 Å². The fourth-order valence-electron chi connectivity index (χ4n) is 2.29. The molecule has 3 N–H and O–H groups in total. The van der Waals surface area contributed by atoms with E-state index in [1.807, 2.05) is 24.3 Å². The number of ether oxygens (including phenoxy) is 1. The summed E-state index contributed by atoms with van der Waals surface area (Å²) in [4.78, 5) is 16.2. The van der Waals surface area contributed by atoms with Crippen molar-refractivity contribution in [2.45, 2.75) is 6.54 Å². The lowest BCUT2D eigenvalue weighted by atomic mass is 10.2. The van der Waals surface area contributed by atoms with Crippen molar-refractivity contribution in [2.24, 2.45) is 4.99 Å². The molecule has 2 aromatic carbocycles. The summed E-state index contributed by atoms with van der Waals surface area (Å²) in [5.41, 5.74) is 1.55. The van der Waals surface area contributed by atoms with E-state index in [-0.39, 0.29) is 29.9 Å². The van der Waals surface area contributed by atoms with Gasteiger partial charge in [-0.05, 0) is 29.8 Å². The first-order valence-corrected chi connectivity index (χ1v) is 8.62. The van der Waals surface area contributed by atoms with E-state index < -0.39 is 0 Å². The molecule has 2 rings (SSSR count). The molecule has 0 heterocycles. The number of rotatable bonds is 7. The molecule has 146 valence electrons. The number of hydrogen-bond acceptors (Lipinski definition) is 3. The molecule has 2 aromatic rings. The van der Waals surface area contributed by atoms with Gasteiger partial charge in [-0.25, -0.2) is 0 Å². The van der Waals surface area contributed by atoms with Crippen LogP contribution in [0.25, 0.3) is 0 Å². The van der Waals surface area contributed by atoms with Gasteiger partial charge in [0, 0.05) is 26.7 Å². The topological polar surface area (TPSA) is 74.8 Å². The van der Waals surface area contributed by atoms with Crippen molar-refractivity contribution in [1.82, 2.24) is 16.0 Å². The number of carbonyl (C=O) groups excluding carboxylic acids is 1. The Kier molecular flexibility index (Phi) is 10.6. The molecule has 0 aliphatic carbocycles. The number of nitrogens with one attached hydrogen (secondary N) is 3. The summed E-state index contributed by atoms with van der Waals surface area (Å²) in [6.07, 6.45) is 0. The van der Waals surface area contributed by atoms with Gasteiger partial charge in [-0.15, -0.1) is 24.0 Å². The molecule has 6 nitrogen and oxygen atoms in total. The summed E-state index contributed by atoms with van der Waals surface area (Å²) in [7, 11) is 3.34. The van der Waals surface area contributed by atoms with Crippen LogP contribution in [0.2, 0.25) is 5.02 Å². The lowest BCUT2D eigenvalue weighted by molar-refractivity contribution is 0.0954. The molecule has 0 saturated carbocycles. The van der Waals surface area contributed by atoms with E-state index in [4.69, 9.17) is 16.3 Å². The summed E-state index contributed by atoms with van der Waals surface area (Å²) in [6, 6.07) is 14.8. The first-order valence-electron chi connectivity index (χ1n) is 8.24. The summed E-state index contributed by atoms with van der Waals surface area (Å²) in [5, 5.41) is 9.63. The highest BCUT2D eigenvalue weighted by molar-refractivity contribution is 14.0. The Bertz CT molecular complexity index is 771. The molecule has 0 spiro atoms. The van der Waals surface area contributed by atoms with E-state index in [0.29, 0.717) is 36.2 Å². The number of benzene rings is 2. The molecule has 1 amide bonds. The summed E-state index contributed by atoms with van der Waals surface area (Å²) in [6.45, 7) is 1.60.